The van der Waals surface area contributed by atoms with E-state index in [2.05, 4.69) is 20.6 Å². The minimum absolute atomic E-state index is 0.0656. The fraction of sp³-hybridized carbons (Fsp3) is 0.400. The summed E-state index contributed by atoms with van der Waals surface area (Å²) in [4.78, 5) is 35.5. The topological polar surface area (TPSA) is 117 Å². The molecule has 0 spiro atoms. The summed E-state index contributed by atoms with van der Waals surface area (Å²) in [7, 11) is 1.34. The van der Waals surface area contributed by atoms with Crippen molar-refractivity contribution in [3.63, 3.8) is 0 Å². The summed E-state index contributed by atoms with van der Waals surface area (Å²) in [6, 6.07) is 3.90. The first-order valence-corrected chi connectivity index (χ1v) is 14.0. The van der Waals surface area contributed by atoms with Crippen molar-refractivity contribution < 1.29 is 41.4 Å². The highest BCUT2D eigenvalue weighted by molar-refractivity contribution is 6.02. The van der Waals surface area contributed by atoms with Crippen LogP contribution in [-0.4, -0.2) is 63.5 Å². The fourth-order valence-electron chi connectivity index (χ4n) is 5.44. The minimum Gasteiger partial charge on any atom is -0.497 e. The molecule has 2 heterocycles. The van der Waals surface area contributed by atoms with Crippen molar-refractivity contribution in [2.75, 3.05) is 19.0 Å². The van der Waals surface area contributed by atoms with E-state index in [1.807, 2.05) is 0 Å². The Labute approximate surface area is 249 Å². The van der Waals surface area contributed by atoms with Gasteiger partial charge in [0.1, 0.15) is 29.1 Å². The molecule has 0 unspecified atom stereocenters. The van der Waals surface area contributed by atoms with E-state index in [-0.39, 0.29) is 72.2 Å². The first kappa shape index (κ1) is 31.1. The third kappa shape index (κ3) is 6.30. The molecule has 2 aromatic carbocycles. The molecule has 234 valence electrons. The first-order valence-electron chi connectivity index (χ1n) is 14.0. The Balaban J connectivity index is 1.33. The third-order valence-corrected chi connectivity index (χ3v) is 7.97. The van der Waals surface area contributed by atoms with Crippen LogP contribution in [0.3, 0.4) is 0 Å². The van der Waals surface area contributed by atoms with Crippen molar-refractivity contribution >= 4 is 17.8 Å². The van der Waals surface area contributed by atoms with E-state index < -0.39 is 59.6 Å². The second kappa shape index (κ2) is 12.3. The highest BCUT2D eigenvalue weighted by atomic mass is 19.3. The Morgan fingerprint density at radius 1 is 1.18 bits per heavy atom. The van der Waals surface area contributed by atoms with E-state index in [4.69, 9.17) is 4.74 Å². The van der Waals surface area contributed by atoms with Crippen LogP contribution in [0.2, 0.25) is 0 Å². The molecule has 2 atom stereocenters. The first-order chi connectivity index (χ1) is 20.9. The third-order valence-electron chi connectivity index (χ3n) is 7.97. The minimum atomic E-state index is -2.74. The molecule has 2 aliphatic rings. The van der Waals surface area contributed by atoms with Crippen molar-refractivity contribution in [1.29, 1.82) is 0 Å². The maximum absolute atomic E-state index is 15.8. The number of benzene rings is 2. The molecule has 2 amide bonds. The van der Waals surface area contributed by atoms with Gasteiger partial charge >= 0.3 is 0 Å². The van der Waals surface area contributed by atoms with Crippen LogP contribution in [0.5, 0.6) is 5.75 Å². The summed E-state index contributed by atoms with van der Waals surface area (Å²) in [5.41, 5.74) is -0.580. The van der Waals surface area contributed by atoms with Gasteiger partial charge in [0.05, 0.1) is 31.5 Å². The molecule has 1 aliphatic heterocycles. The Kier molecular flexibility index (Phi) is 8.73. The van der Waals surface area contributed by atoms with E-state index in [1.54, 1.807) is 0 Å². The predicted octanol–water partition coefficient (Wildman–Crippen LogP) is 4.75. The number of hydrogen-bond donors (Lipinski definition) is 3. The van der Waals surface area contributed by atoms with Gasteiger partial charge in [-0.05, 0) is 49.1 Å². The maximum atomic E-state index is 15.8. The number of aliphatic hydroxyl groups is 1. The predicted molar refractivity (Wildman–Crippen MR) is 148 cm³/mol. The van der Waals surface area contributed by atoms with Gasteiger partial charge in [0.25, 0.3) is 5.91 Å². The lowest BCUT2D eigenvalue weighted by Gasteiger charge is -2.28. The van der Waals surface area contributed by atoms with Gasteiger partial charge in [-0.15, -0.1) is 0 Å². The molecular formula is C30H30F5N5O4. The van der Waals surface area contributed by atoms with Crippen LogP contribution in [0.25, 0.3) is 11.3 Å². The number of anilines is 1. The molecule has 0 radical (unpaired) electrons. The van der Waals surface area contributed by atoms with Crippen molar-refractivity contribution in [2.45, 2.75) is 63.2 Å². The van der Waals surface area contributed by atoms with E-state index in [0.29, 0.717) is 0 Å². The van der Waals surface area contributed by atoms with E-state index in [0.717, 1.165) is 23.2 Å². The number of halogens is 5. The van der Waals surface area contributed by atoms with Gasteiger partial charge in [0.15, 0.2) is 5.82 Å². The number of amides is 2. The van der Waals surface area contributed by atoms with Crippen LogP contribution in [-0.2, 0) is 11.3 Å². The van der Waals surface area contributed by atoms with Gasteiger partial charge in [-0.1, -0.05) is 6.07 Å². The molecule has 0 bridgehead atoms. The molecule has 1 aliphatic carbocycles. The number of alkyl halides is 2. The number of fused-ring (bicyclic) bond motifs is 1. The van der Waals surface area contributed by atoms with Gasteiger partial charge in [0, 0.05) is 37.1 Å². The number of methoxy groups -OCH3 is 1. The fourth-order valence-corrected chi connectivity index (χ4v) is 5.44. The second-order valence-electron chi connectivity index (χ2n) is 10.9. The van der Waals surface area contributed by atoms with Crippen molar-refractivity contribution in [3.05, 3.63) is 70.7 Å². The molecule has 1 aromatic heterocycles. The van der Waals surface area contributed by atoms with Crippen molar-refractivity contribution in [1.82, 2.24) is 20.2 Å². The van der Waals surface area contributed by atoms with E-state index in [1.165, 1.54) is 32.2 Å². The summed E-state index contributed by atoms with van der Waals surface area (Å²) < 4.78 is 76.7. The molecule has 5 rings (SSSR count). The van der Waals surface area contributed by atoms with Gasteiger partial charge in [-0.2, -0.15) is 0 Å². The Morgan fingerprint density at radius 2 is 1.91 bits per heavy atom. The summed E-state index contributed by atoms with van der Waals surface area (Å²) >= 11 is 0. The van der Waals surface area contributed by atoms with E-state index >= 15 is 4.39 Å². The molecule has 9 nitrogen and oxygen atoms in total. The number of nitrogens with zero attached hydrogens (tertiary/aromatic N) is 3. The maximum Gasteiger partial charge on any atom is 0.258 e. The number of nitrogens with one attached hydrogen (secondary N) is 2. The quantitative estimate of drug-likeness (QED) is 0.296. The summed E-state index contributed by atoms with van der Waals surface area (Å²) in [5, 5.41) is 15.3. The highest BCUT2D eigenvalue weighted by Crippen LogP contribution is 2.36. The van der Waals surface area contributed by atoms with Gasteiger partial charge in [-0.3, -0.25) is 9.59 Å². The molecule has 14 heteroatoms. The van der Waals surface area contributed by atoms with E-state index in [9.17, 15) is 32.3 Å². The molecule has 44 heavy (non-hydrogen) atoms. The zero-order chi connectivity index (χ0) is 31.8. The summed E-state index contributed by atoms with van der Waals surface area (Å²) in [6.07, 6.45) is 0.519. The Hall–Kier alpha value is -4.33. The van der Waals surface area contributed by atoms with Gasteiger partial charge < -0.3 is 25.4 Å². The number of aromatic nitrogens is 2. The number of hydrogen-bond acceptors (Lipinski definition) is 7. The average molecular weight is 620 g/mol. The van der Waals surface area contributed by atoms with Crippen LogP contribution in [0.4, 0.5) is 27.9 Å². The number of carbonyl (C=O) groups excluding carboxylic acids is 2. The van der Waals surface area contributed by atoms with Crippen LogP contribution in [0.15, 0.2) is 36.5 Å². The lowest BCUT2D eigenvalue weighted by atomic mass is 9.92. The SMILES string of the molecule is COc1cc(F)cc([C@@H](CO)NC(=O)[C@@H](C)N2Cc3ccc(-c4nc(NC5CCC(F)(F)CC5)ncc4F)c(F)c3C2=O)c1. The second-order valence-corrected chi connectivity index (χ2v) is 10.9. The number of aliphatic hydroxyl groups excluding tert-OH is 1. The van der Waals surface area contributed by atoms with Crippen LogP contribution < -0.4 is 15.4 Å². The van der Waals surface area contributed by atoms with Crippen LogP contribution >= 0.6 is 0 Å². The number of carbonyl (C=O) groups is 2. The Bertz CT molecular complexity index is 1580. The average Bonchev–Trinajstić information content (AvgIpc) is 3.34. The molecule has 1 saturated carbocycles. The smallest absolute Gasteiger partial charge is 0.258 e. The van der Waals surface area contributed by atoms with Crippen LogP contribution in [0.1, 0.15) is 60.1 Å². The normalized spacial score (nSPS) is 17.6. The molecule has 3 aromatic rings. The zero-order valence-corrected chi connectivity index (χ0v) is 23.8. The number of ether oxygens (including phenoxy) is 1. The van der Waals surface area contributed by atoms with Gasteiger partial charge in [0.2, 0.25) is 17.8 Å². The monoisotopic (exact) mass is 619 g/mol. The Morgan fingerprint density at radius 3 is 2.59 bits per heavy atom. The summed E-state index contributed by atoms with van der Waals surface area (Å²) in [5.74, 6) is -6.76. The van der Waals surface area contributed by atoms with Crippen LogP contribution in [0, 0.1) is 17.5 Å². The number of rotatable bonds is 9. The molecule has 3 N–H and O–H groups in total. The zero-order valence-electron chi connectivity index (χ0n) is 23.8. The lowest BCUT2D eigenvalue weighted by molar-refractivity contribution is -0.126. The molecule has 0 saturated heterocycles. The molecular weight excluding hydrogens is 589 g/mol. The van der Waals surface area contributed by atoms with Crippen molar-refractivity contribution in [3.8, 4) is 17.0 Å². The van der Waals surface area contributed by atoms with Crippen molar-refractivity contribution in [2.24, 2.45) is 0 Å². The standard InChI is InChI=1S/C30H30F5N5O4/c1-15(27(42)38-23(14-41)17-9-18(31)11-20(10-17)44-2)40-13-16-3-4-21(25(33)24(16)28(40)43)26-22(32)12-36-29(39-26)37-19-5-7-30(34,35)8-6-19/h3-4,9-12,15,19,23,41H,5-8,13-14H2,1-2H3,(H,38,42)(H,36,37,39)/t15-,23-/m1/s1. The highest BCUT2D eigenvalue weighted by Gasteiger charge is 2.38. The van der Waals surface area contributed by atoms with Gasteiger partial charge in [-0.25, -0.2) is 31.9 Å². The largest absolute Gasteiger partial charge is 0.497 e. The summed E-state index contributed by atoms with van der Waals surface area (Å²) in [6.45, 7) is 0.719. The lowest BCUT2D eigenvalue weighted by Crippen LogP contribution is -2.46. The molecule has 1 fully saturated rings.